The molecule has 2 aromatic heterocycles. The Kier molecular flexibility index (Phi) is 4.34. The second-order valence-electron chi connectivity index (χ2n) is 4.98. The Hall–Kier alpha value is -3.46. The third-order valence-electron chi connectivity index (χ3n) is 3.52. The van der Waals surface area contributed by atoms with Crippen LogP contribution in [0.2, 0.25) is 0 Å². The summed E-state index contributed by atoms with van der Waals surface area (Å²) < 4.78 is 0. The molecule has 0 aromatic carbocycles. The van der Waals surface area contributed by atoms with E-state index in [1.54, 1.807) is 0 Å². The van der Waals surface area contributed by atoms with Crippen LogP contribution in [0.25, 0.3) is 10.4 Å². The molecule has 1 fully saturated rings. The van der Waals surface area contributed by atoms with Crippen LogP contribution in [0.5, 0.6) is 0 Å². The molecule has 1 aliphatic heterocycles. The van der Waals surface area contributed by atoms with Crippen molar-refractivity contribution in [3.05, 3.63) is 40.8 Å². The van der Waals surface area contributed by atoms with Gasteiger partial charge < -0.3 is 14.9 Å². The van der Waals surface area contributed by atoms with Gasteiger partial charge in [-0.2, -0.15) is 0 Å². The minimum Gasteiger partial charge on any atom is -0.478 e. The van der Waals surface area contributed by atoms with Crippen LogP contribution in [-0.4, -0.2) is 57.2 Å². The zero-order valence-corrected chi connectivity index (χ0v) is 12.5. The van der Waals surface area contributed by atoms with Gasteiger partial charge in [0.05, 0.1) is 11.3 Å². The van der Waals surface area contributed by atoms with E-state index in [1.165, 1.54) is 24.8 Å². The van der Waals surface area contributed by atoms with Gasteiger partial charge in [0.2, 0.25) is 11.9 Å². The van der Waals surface area contributed by atoms with E-state index in [0.29, 0.717) is 43.8 Å². The number of hydrogen-bond acceptors (Lipinski definition) is 8. The molecule has 1 saturated heterocycles. The first-order chi connectivity index (χ1) is 11.7. The number of nitrogens with zero attached hydrogens (tertiary/aromatic N) is 9. The lowest BCUT2D eigenvalue weighted by Gasteiger charge is -2.34. The lowest BCUT2D eigenvalue weighted by atomic mass is 10.3. The first-order valence-electron chi connectivity index (χ1n) is 7.10. The van der Waals surface area contributed by atoms with Crippen LogP contribution >= 0.6 is 0 Å². The summed E-state index contributed by atoms with van der Waals surface area (Å²) in [6.45, 7) is 2.66. The van der Waals surface area contributed by atoms with E-state index >= 15 is 0 Å². The first-order valence-corrected chi connectivity index (χ1v) is 7.10. The monoisotopic (exact) mass is 327 g/mol. The summed E-state index contributed by atoms with van der Waals surface area (Å²) in [5, 5.41) is 12.3. The van der Waals surface area contributed by atoms with Crippen LogP contribution < -0.4 is 9.80 Å². The number of carboxylic acids is 1. The standard InChI is InChI=1S/C13H13N9O2/c14-20-19-10-7-17-13(18-8-10)22-3-1-21(2-4-22)12-15-5-9(6-16-12)11(23)24/h5-8H,1-4H2,(H,23,24). The SMILES string of the molecule is [N-]=[N+]=Nc1cnc(N2CCN(c3ncc(C(=O)O)cn3)CC2)nc1. The summed E-state index contributed by atoms with van der Waals surface area (Å²) in [7, 11) is 0. The van der Waals surface area contributed by atoms with Crippen LogP contribution in [-0.2, 0) is 0 Å². The Bertz CT molecular complexity index is 710. The molecule has 0 amide bonds. The quantitative estimate of drug-likeness (QED) is 0.501. The van der Waals surface area contributed by atoms with Gasteiger partial charge >= 0.3 is 5.97 Å². The van der Waals surface area contributed by atoms with E-state index in [0.717, 1.165) is 0 Å². The van der Waals surface area contributed by atoms with Gasteiger partial charge in [-0.05, 0) is 5.53 Å². The Morgan fingerprint density at radius 3 is 1.88 bits per heavy atom. The fourth-order valence-electron chi connectivity index (χ4n) is 2.28. The van der Waals surface area contributed by atoms with Crippen molar-refractivity contribution >= 4 is 23.6 Å². The van der Waals surface area contributed by atoms with Gasteiger partial charge in [-0.25, -0.2) is 24.7 Å². The molecule has 11 heteroatoms. The minimum atomic E-state index is -1.05. The number of carbonyl (C=O) groups is 1. The number of anilines is 2. The summed E-state index contributed by atoms with van der Waals surface area (Å²) in [6, 6.07) is 0. The van der Waals surface area contributed by atoms with Gasteiger partial charge in [0.25, 0.3) is 0 Å². The van der Waals surface area contributed by atoms with E-state index < -0.39 is 5.97 Å². The van der Waals surface area contributed by atoms with Gasteiger partial charge in [-0.15, -0.1) is 0 Å². The minimum absolute atomic E-state index is 0.0610. The lowest BCUT2D eigenvalue weighted by molar-refractivity contribution is 0.0696. The summed E-state index contributed by atoms with van der Waals surface area (Å²) in [6.07, 6.45) is 5.55. The molecule has 122 valence electrons. The molecule has 0 atom stereocenters. The molecule has 24 heavy (non-hydrogen) atoms. The van der Waals surface area contributed by atoms with Gasteiger partial charge in [-0.1, -0.05) is 5.11 Å². The predicted molar refractivity (Wildman–Crippen MR) is 84.3 cm³/mol. The number of azide groups is 1. The van der Waals surface area contributed by atoms with Crippen molar-refractivity contribution in [3.8, 4) is 0 Å². The fourth-order valence-corrected chi connectivity index (χ4v) is 2.28. The third kappa shape index (κ3) is 3.31. The van der Waals surface area contributed by atoms with E-state index in [4.69, 9.17) is 10.6 Å². The van der Waals surface area contributed by atoms with Crippen LogP contribution in [0, 0.1) is 0 Å². The molecule has 0 saturated carbocycles. The highest BCUT2D eigenvalue weighted by molar-refractivity contribution is 5.86. The Labute approximate surface area is 136 Å². The summed E-state index contributed by atoms with van der Waals surface area (Å²) in [4.78, 5) is 34.0. The van der Waals surface area contributed by atoms with Crippen molar-refractivity contribution in [1.29, 1.82) is 0 Å². The summed E-state index contributed by atoms with van der Waals surface area (Å²) in [5.41, 5.74) is 8.79. The molecule has 2 aromatic rings. The van der Waals surface area contributed by atoms with E-state index in [1.807, 2.05) is 9.80 Å². The maximum atomic E-state index is 10.8. The summed E-state index contributed by atoms with van der Waals surface area (Å²) in [5.74, 6) is 0.0145. The van der Waals surface area contributed by atoms with Crippen LogP contribution in [0.4, 0.5) is 17.6 Å². The molecular weight excluding hydrogens is 314 g/mol. The first kappa shape index (κ1) is 15.4. The number of aromatic carboxylic acids is 1. The highest BCUT2D eigenvalue weighted by atomic mass is 16.4. The maximum absolute atomic E-state index is 10.8. The maximum Gasteiger partial charge on any atom is 0.338 e. The highest BCUT2D eigenvalue weighted by Gasteiger charge is 2.21. The molecule has 0 bridgehead atoms. The van der Waals surface area contributed by atoms with Gasteiger partial charge in [-0.3, -0.25) is 0 Å². The molecular formula is C13H13N9O2. The zero-order chi connectivity index (χ0) is 16.9. The molecule has 1 N–H and O–H groups in total. The highest BCUT2D eigenvalue weighted by Crippen LogP contribution is 2.16. The average molecular weight is 327 g/mol. The molecule has 0 unspecified atom stereocenters. The summed E-state index contributed by atoms with van der Waals surface area (Å²) >= 11 is 0. The van der Waals surface area contributed by atoms with Crippen LogP contribution in [0.1, 0.15) is 10.4 Å². The largest absolute Gasteiger partial charge is 0.478 e. The normalized spacial score (nSPS) is 14.2. The molecule has 3 rings (SSSR count). The number of aromatic nitrogens is 4. The second-order valence-corrected chi connectivity index (χ2v) is 4.98. The van der Waals surface area contributed by atoms with Crippen molar-refractivity contribution in [2.45, 2.75) is 0 Å². The Balaban J connectivity index is 1.62. The number of hydrogen-bond donors (Lipinski definition) is 1. The van der Waals surface area contributed by atoms with Gasteiger partial charge in [0.1, 0.15) is 0 Å². The predicted octanol–water partition coefficient (Wildman–Crippen LogP) is 1.23. The van der Waals surface area contributed by atoms with Crippen molar-refractivity contribution in [2.75, 3.05) is 36.0 Å². The Morgan fingerprint density at radius 1 is 1.00 bits per heavy atom. The number of carboxylic acid groups (broad SMARTS) is 1. The van der Waals surface area contributed by atoms with Gasteiger partial charge in [0.15, 0.2) is 0 Å². The molecule has 0 radical (unpaired) electrons. The van der Waals surface area contributed by atoms with Gasteiger partial charge in [0, 0.05) is 55.9 Å². The van der Waals surface area contributed by atoms with E-state index in [-0.39, 0.29) is 5.56 Å². The smallest absolute Gasteiger partial charge is 0.338 e. The van der Waals surface area contributed by atoms with Crippen molar-refractivity contribution < 1.29 is 9.90 Å². The van der Waals surface area contributed by atoms with Crippen LogP contribution in [0.3, 0.4) is 0 Å². The van der Waals surface area contributed by atoms with Crippen LogP contribution in [0.15, 0.2) is 29.9 Å². The topological polar surface area (TPSA) is 144 Å². The third-order valence-corrected chi connectivity index (χ3v) is 3.52. The molecule has 0 spiro atoms. The number of rotatable bonds is 4. The number of piperazine rings is 1. The zero-order valence-electron chi connectivity index (χ0n) is 12.5. The average Bonchev–Trinajstić information content (AvgIpc) is 2.63. The molecule has 11 nitrogen and oxygen atoms in total. The molecule has 0 aliphatic carbocycles. The van der Waals surface area contributed by atoms with E-state index in [9.17, 15) is 4.79 Å². The molecule has 3 heterocycles. The lowest BCUT2D eigenvalue weighted by Crippen LogP contribution is -2.47. The van der Waals surface area contributed by atoms with Crippen molar-refractivity contribution in [3.63, 3.8) is 0 Å². The molecule has 1 aliphatic rings. The van der Waals surface area contributed by atoms with E-state index in [2.05, 4.69) is 30.0 Å². The Morgan fingerprint density at radius 2 is 1.46 bits per heavy atom. The van der Waals surface area contributed by atoms with Crippen molar-refractivity contribution in [1.82, 2.24) is 19.9 Å². The second kappa shape index (κ2) is 6.75. The fraction of sp³-hybridized carbons (Fsp3) is 0.308. The van der Waals surface area contributed by atoms with Crippen molar-refractivity contribution in [2.24, 2.45) is 5.11 Å².